The Labute approximate surface area is 174 Å². The molecule has 3 unspecified atom stereocenters. The number of fused-ring (bicyclic) bond motifs is 1. The quantitative estimate of drug-likeness (QED) is 0.550. The number of hydrogen-bond donors (Lipinski definition) is 1. The molecule has 3 atom stereocenters. The first-order valence-electron chi connectivity index (χ1n) is 10.3. The van der Waals surface area contributed by atoms with Gasteiger partial charge in [-0.15, -0.1) is 0 Å². The SMILES string of the molecule is CC(Sc1nc2ccccc2c(=O)n1CC1CCCO1)C(=O)NCC1CCCO1. The first kappa shape index (κ1) is 20.4. The number of amides is 1. The Morgan fingerprint density at radius 3 is 2.69 bits per heavy atom. The minimum Gasteiger partial charge on any atom is -0.376 e. The fourth-order valence-electron chi connectivity index (χ4n) is 3.77. The van der Waals surface area contributed by atoms with Crippen molar-refractivity contribution in [3.8, 4) is 0 Å². The van der Waals surface area contributed by atoms with Crippen LogP contribution in [0.15, 0.2) is 34.2 Å². The molecule has 0 bridgehead atoms. The first-order valence-corrected chi connectivity index (χ1v) is 11.2. The Bertz CT molecular complexity index is 920. The standard InChI is InChI=1S/C21H27N3O4S/c1-14(19(25)22-12-15-6-4-10-27-15)29-21-23-18-9-3-2-8-17(18)20(26)24(21)13-16-7-5-11-28-16/h2-3,8-9,14-16H,4-7,10-13H2,1H3,(H,22,25). The lowest BCUT2D eigenvalue weighted by Gasteiger charge is -2.19. The van der Waals surface area contributed by atoms with E-state index in [1.54, 1.807) is 10.6 Å². The lowest BCUT2D eigenvalue weighted by molar-refractivity contribution is -0.120. The van der Waals surface area contributed by atoms with Crippen molar-refractivity contribution in [2.45, 2.75) is 61.8 Å². The van der Waals surface area contributed by atoms with Crippen LogP contribution in [0.2, 0.25) is 0 Å². The maximum atomic E-state index is 13.1. The number of carbonyl (C=O) groups is 1. The van der Waals surface area contributed by atoms with Crippen LogP contribution in [-0.4, -0.2) is 52.7 Å². The van der Waals surface area contributed by atoms with Crippen LogP contribution in [0.5, 0.6) is 0 Å². The third-order valence-electron chi connectivity index (χ3n) is 5.42. The zero-order valence-electron chi connectivity index (χ0n) is 16.6. The molecule has 2 aromatic rings. The molecule has 1 aromatic heterocycles. The van der Waals surface area contributed by atoms with Crippen LogP contribution in [-0.2, 0) is 20.8 Å². The topological polar surface area (TPSA) is 82.5 Å². The Balaban J connectivity index is 1.54. The summed E-state index contributed by atoms with van der Waals surface area (Å²) in [6.45, 7) is 4.32. The summed E-state index contributed by atoms with van der Waals surface area (Å²) in [4.78, 5) is 30.4. The predicted octanol–water partition coefficient (Wildman–Crippen LogP) is 2.35. The van der Waals surface area contributed by atoms with Gasteiger partial charge in [0.2, 0.25) is 5.91 Å². The average molecular weight is 418 g/mol. The molecule has 0 saturated carbocycles. The summed E-state index contributed by atoms with van der Waals surface area (Å²) in [5.41, 5.74) is 0.566. The van der Waals surface area contributed by atoms with E-state index in [9.17, 15) is 9.59 Å². The van der Waals surface area contributed by atoms with Crippen molar-refractivity contribution >= 4 is 28.6 Å². The van der Waals surface area contributed by atoms with Crippen molar-refractivity contribution in [3.05, 3.63) is 34.6 Å². The number of benzene rings is 1. The number of aromatic nitrogens is 2. The minimum absolute atomic E-state index is 0.0126. The molecule has 2 fully saturated rings. The van der Waals surface area contributed by atoms with E-state index in [1.165, 1.54) is 11.8 Å². The molecule has 2 aliphatic heterocycles. The van der Waals surface area contributed by atoms with Gasteiger partial charge < -0.3 is 14.8 Å². The zero-order chi connectivity index (χ0) is 20.2. The number of nitrogens with zero attached hydrogens (tertiary/aromatic N) is 2. The maximum absolute atomic E-state index is 13.1. The molecule has 29 heavy (non-hydrogen) atoms. The molecule has 8 heteroatoms. The highest BCUT2D eigenvalue weighted by Gasteiger charge is 2.24. The van der Waals surface area contributed by atoms with E-state index in [0.29, 0.717) is 29.1 Å². The van der Waals surface area contributed by atoms with Crippen molar-refractivity contribution < 1.29 is 14.3 Å². The number of ether oxygens (including phenoxy) is 2. The number of hydrogen-bond acceptors (Lipinski definition) is 6. The smallest absolute Gasteiger partial charge is 0.262 e. The highest BCUT2D eigenvalue weighted by atomic mass is 32.2. The van der Waals surface area contributed by atoms with Crippen LogP contribution in [0, 0.1) is 0 Å². The van der Waals surface area contributed by atoms with Crippen LogP contribution >= 0.6 is 11.8 Å². The van der Waals surface area contributed by atoms with E-state index < -0.39 is 0 Å². The third kappa shape index (κ3) is 4.82. The van der Waals surface area contributed by atoms with Crippen LogP contribution < -0.4 is 10.9 Å². The fourth-order valence-corrected chi connectivity index (χ4v) is 4.71. The van der Waals surface area contributed by atoms with E-state index in [4.69, 9.17) is 14.5 Å². The maximum Gasteiger partial charge on any atom is 0.262 e. The molecule has 2 aliphatic rings. The lowest BCUT2D eigenvalue weighted by Crippen LogP contribution is -2.37. The van der Waals surface area contributed by atoms with Gasteiger partial charge in [0.05, 0.1) is 34.9 Å². The second kappa shape index (κ2) is 9.28. The first-order chi connectivity index (χ1) is 14.1. The second-order valence-electron chi connectivity index (χ2n) is 7.60. The Hall–Kier alpha value is -1.90. The molecule has 1 amide bonds. The number of rotatable bonds is 7. The molecule has 0 radical (unpaired) electrons. The number of carbonyl (C=O) groups excluding carboxylic acids is 1. The molecular formula is C21H27N3O4S. The van der Waals surface area contributed by atoms with Gasteiger partial charge in [0, 0.05) is 19.8 Å². The highest BCUT2D eigenvalue weighted by Crippen LogP contribution is 2.24. The summed E-state index contributed by atoms with van der Waals surface area (Å²) in [6.07, 6.45) is 4.08. The van der Waals surface area contributed by atoms with Crippen molar-refractivity contribution in [1.29, 1.82) is 0 Å². The van der Waals surface area contributed by atoms with Gasteiger partial charge in [0.15, 0.2) is 5.16 Å². The average Bonchev–Trinajstić information content (AvgIpc) is 3.43. The Morgan fingerprint density at radius 2 is 1.97 bits per heavy atom. The minimum atomic E-state index is -0.375. The normalized spacial score (nSPS) is 22.8. The van der Waals surface area contributed by atoms with Gasteiger partial charge in [0.25, 0.3) is 5.56 Å². The third-order valence-corrected chi connectivity index (χ3v) is 6.51. The Kier molecular flexibility index (Phi) is 6.52. The molecule has 0 spiro atoms. The Morgan fingerprint density at radius 1 is 1.24 bits per heavy atom. The van der Waals surface area contributed by atoms with Crippen LogP contribution in [0.25, 0.3) is 10.9 Å². The van der Waals surface area contributed by atoms with Crippen LogP contribution in [0.1, 0.15) is 32.6 Å². The largest absolute Gasteiger partial charge is 0.376 e. The summed E-state index contributed by atoms with van der Waals surface area (Å²) in [5.74, 6) is -0.0726. The van der Waals surface area contributed by atoms with Crippen molar-refractivity contribution in [3.63, 3.8) is 0 Å². The summed E-state index contributed by atoms with van der Waals surface area (Å²) >= 11 is 1.32. The predicted molar refractivity (Wildman–Crippen MR) is 112 cm³/mol. The van der Waals surface area contributed by atoms with E-state index in [1.807, 2.05) is 25.1 Å². The van der Waals surface area contributed by atoms with E-state index in [-0.39, 0.29) is 28.9 Å². The van der Waals surface area contributed by atoms with E-state index >= 15 is 0 Å². The fraction of sp³-hybridized carbons (Fsp3) is 0.571. The van der Waals surface area contributed by atoms with Crippen LogP contribution in [0.4, 0.5) is 0 Å². The summed E-state index contributed by atoms with van der Waals surface area (Å²) in [5, 5.41) is 3.74. The van der Waals surface area contributed by atoms with Gasteiger partial charge in [-0.05, 0) is 44.7 Å². The number of para-hydroxylation sites is 1. The van der Waals surface area contributed by atoms with Gasteiger partial charge >= 0.3 is 0 Å². The zero-order valence-corrected chi connectivity index (χ0v) is 17.5. The second-order valence-corrected chi connectivity index (χ2v) is 8.91. The van der Waals surface area contributed by atoms with E-state index in [2.05, 4.69) is 5.32 Å². The molecule has 1 aromatic carbocycles. The van der Waals surface area contributed by atoms with E-state index in [0.717, 1.165) is 38.9 Å². The number of nitrogens with one attached hydrogen (secondary N) is 1. The molecule has 1 N–H and O–H groups in total. The summed E-state index contributed by atoms with van der Waals surface area (Å²) in [6, 6.07) is 7.34. The summed E-state index contributed by atoms with van der Waals surface area (Å²) in [7, 11) is 0. The van der Waals surface area contributed by atoms with Gasteiger partial charge in [-0.25, -0.2) is 4.98 Å². The number of thioether (sulfide) groups is 1. The molecule has 156 valence electrons. The molecule has 7 nitrogen and oxygen atoms in total. The van der Waals surface area contributed by atoms with Gasteiger partial charge in [0.1, 0.15) is 0 Å². The van der Waals surface area contributed by atoms with Crippen molar-refractivity contribution in [2.75, 3.05) is 19.8 Å². The lowest BCUT2D eigenvalue weighted by atomic mass is 10.2. The summed E-state index contributed by atoms with van der Waals surface area (Å²) < 4.78 is 13.0. The molecule has 2 saturated heterocycles. The monoisotopic (exact) mass is 417 g/mol. The molecular weight excluding hydrogens is 390 g/mol. The van der Waals surface area contributed by atoms with Crippen LogP contribution in [0.3, 0.4) is 0 Å². The molecule has 3 heterocycles. The highest BCUT2D eigenvalue weighted by molar-refractivity contribution is 8.00. The molecule has 4 rings (SSSR count). The van der Waals surface area contributed by atoms with Crippen molar-refractivity contribution in [2.24, 2.45) is 0 Å². The molecule has 0 aliphatic carbocycles. The van der Waals surface area contributed by atoms with Crippen molar-refractivity contribution in [1.82, 2.24) is 14.9 Å². The van der Waals surface area contributed by atoms with Gasteiger partial charge in [-0.3, -0.25) is 14.2 Å². The van der Waals surface area contributed by atoms with Gasteiger partial charge in [-0.1, -0.05) is 23.9 Å². The van der Waals surface area contributed by atoms with Gasteiger partial charge in [-0.2, -0.15) is 0 Å².